The summed E-state index contributed by atoms with van der Waals surface area (Å²) in [6.45, 7) is 1.66. The highest BCUT2D eigenvalue weighted by atomic mass is 35.5. The SMILES string of the molecule is O=C(CCn1cc(Cl)cn1)N1CC[C@@H](c2ccc3c(c2)OCO3)[C@H](O)C1. The van der Waals surface area contributed by atoms with Crippen molar-refractivity contribution in [3.63, 3.8) is 0 Å². The van der Waals surface area contributed by atoms with E-state index in [-0.39, 0.29) is 18.6 Å². The van der Waals surface area contributed by atoms with Gasteiger partial charge >= 0.3 is 0 Å². The molecule has 8 heteroatoms. The third kappa shape index (κ3) is 3.50. The molecule has 2 aromatic rings. The van der Waals surface area contributed by atoms with Gasteiger partial charge in [0.25, 0.3) is 0 Å². The molecular formula is C18H20ClN3O4. The number of aromatic nitrogens is 2. The van der Waals surface area contributed by atoms with Crippen LogP contribution in [0, 0.1) is 0 Å². The summed E-state index contributed by atoms with van der Waals surface area (Å²) in [7, 11) is 0. The molecule has 26 heavy (non-hydrogen) atoms. The highest BCUT2D eigenvalue weighted by Crippen LogP contribution is 2.37. The second-order valence-electron chi connectivity index (χ2n) is 6.59. The molecule has 1 aromatic carbocycles. The summed E-state index contributed by atoms with van der Waals surface area (Å²) >= 11 is 5.82. The fourth-order valence-electron chi connectivity index (χ4n) is 3.52. The van der Waals surface area contributed by atoms with Crippen LogP contribution in [0.4, 0.5) is 0 Å². The molecule has 4 rings (SSSR count). The van der Waals surface area contributed by atoms with Gasteiger partial charge in [-0.1, -0.05) is 17.7 Å². The first-order chi connectivity index (χ1) is 12.6. The first kappa shape index (κ1) is 17.2. The third-order valence-corrected chi connectivity index (χ3v) is 5.11. The van der Waals surface area contributed by atoms with Crippen LogP contribution in [0.2, 0.25) is 5.02 Å². The molecule has 1 fully saturated rings. The van der Waals surface area contributed by atoms with Gasteiger partial charge in [-0.15, -0.1) is 0 Å². The molecule has 0 aliphatic carbocycles. The van der Waals surface area contributed by atoms with Crippen molar-refractivity contribution < 1.29 is 19.4 Å². The van der Waals surface area contributed by atoms with E-state index in [0.29, 0.717) is 43.2 Å². The number of β-amino-alcohol motifs (C(OH)–C–C–N with tert-alkyl or cyclic N) is 1. The normalized spacial score (nSPS) is 21.8. The Balaban J connectivity index is 1.35. The Morgan fingerprint density at radius 2 is 2.19 bits per heavy atom. The number of benzene rings is 1. The van der Waals surface area contributed by atoms with Crippen LogP contribution in [-0.2, 0) is 11.3 Å². The molecule has 2 atom stereocenters. The number of aliphatic hydroxyl groups excluding tert-OH is 1. The Morgan fingerprint density at radius 1 is 1.35 bits per heavy atom. The smallest absolute Gasteiger partial charge is 0.231 e. The van der Waals surface area contributed by atoms with Crippen LogP contribution in [0.3, 0.4) is 0 Å². The van der Waals surface area contributed by atoms with Gasteiger partial charge in [-0.05, 0) is 24.1 Å². The van der Waals surface area contributed by atoms with Gasteiger partial charge in [-0.3, -0.25) is 9.48 Å². The topological polar surface area (TPSA) is 76.8 Å². The van der Waals surface area contributed by atoms with E-state index in [4.69, 9.17) is 21.1 Å². The lowest BCUT2D eigenvalue weighted by Crippen LogP contribution is -2.45. The second kappa shape index (κ2) is 7.17. The monoisotopic (exact) mass is 377 g/mol. The summed E-state index contributed by atoms with van der Waals surface area (Å²) in [4.78, 5) is 14.1. The molecule has 3 heterocycles. The molecule has 0 radical (unpaired) electrons. The standard InChI is InChI=1S/C18H20ClN3O4/c19-13-8-20-22(9-13)6-4-18(24)21-5-3-14(15(23)10-21)12-1-2-16-17(7-12)26-11-25-16/h1-2,7-9,14-15,23H,3-6,10-11H2/t14-,15+/m0/s1. The Labute approximate surface area is 156 Å². The van der Waals surface area contributed by atoms with Crippen LogP contribution in [-0.4, -0.2) is 51.7 Å². The second-order valence-corrected chi connectivity index (χ2v) is 7.02. The maximum absolute atomic E-state index is 12.4. The van der Waals surface area contributed by atoms with Crippen molar-refractivity contribution in [2.24, 2.45) is 0 Å². The number of hydrogen-bond donors (Lipinski definition) is 1. The molecule has 7 nitrogen and oxygen atoms in total. The van der Waals surface area contributed by atoms with Crippen LogP contribution in [0.15, 0.2) is 30.6 Å². The maximum atomic E-state index is 12.4. The van der Waals surface area contributed by atoms with E-state index in [9.17, 15) is 9.90 Å². The lowest BCUT2D eigenvalue weighted by Gasteiger charge is -2.36. The molecule has 0 unspecified atom stereocenters. The Bertz CT molecular complexity index is 809. The number of likely N-dealkylation sites (tertiary alicyclic amines) is 1. The summed E-state index contributed by atoms with van der Waals surface area (Å²) in [6.07, 6.45) is 3.68. The molecule has 1 aromatic heterocycles. The number of amides is 1. The van der Waals surface area contributed by atoms with E-state index in [1.807, 2.05) is 18.2 Å². The number of rotatable bonds is 4. The fourth-order valence-corrected chi connectivity index (χ4v) is 3.68. The number of fused-ring (bicyclic) bond motifs is 1. The van der Waals surface area contributed by atoms with E-state index in [1.165, 1.54) is 0 Å². The number of carbonyl (C=O) groups excluding carboxylic acids is 1. The predicted octanol–water partition coefficient (Wildman–Crippen LogP) is 2.03. The molecule has 1 saturated heterocycles. The minimum Gasteiger partial charge on any atom is -0.454 e. The maximum Gasteiger partial charge on any atom is 0.231 e. The van der Waals surface area contributed by atoms with Crippen molar-refractivity contribution >= 4 is 17.5 Å². The van der Waals surface area contributed by atoms with Gasteiger partial charge in [-0.2, -0.15) is 5.10 Å². The molecule has 1 amide bonds. The predicted molar refractivity (Wildman–Crippen MR) is 94.4 cm³/mol. The Hall–Kier alpha value is -2.25. The summed E-state index contributed by atoms with van der Waals surface area (Å²) < 4.78 is 12.4. The van der Waals surface area contributed by atoms with Gasteiger partial charge in [-0.25, -0.2) is 0 Å². The van der Waals surface area contributed by atoms with Crippen molar-refractivity contribution in [1.29, 1.82) is 0 Å². The number of aliphatic hydroxyl groups is 1. The van der Waals surface area contributed by atoms with Crippen LogP contribution in [0.1, 0.15) is 24.3 Å². The number of piperidine rings is 1. The van der Waals surface area contributed by atoms with Crippen molar-refractivity contribution in [1.82, 2.24) is 14.7 Å². The van der Waals surface area contributed by atoms with Crippen LogP contribution in [0.25, 0.3) is 0 Å². The first-order valence-corrected chi connectivity index (χ1v) is 9.01. The zero-order valence-electron chi connectivity index (χ0n) is 14.2. The molecule has 2 aliphatic heterocycles. The lowest BCUT2D eigenvalue weighted by atomic mass is 9.87. The number of ether oxygens (including phenoxy) is 2. The van der Waals surface area contributed by atoms with Gasteiger partial charge in [0.2, 0.25) is 12.7 Å². The highest BCUT2D eigenvalue weighted by molar-refractivity contribution is 6.30. The summed E-state index contributed by atoms with van der Waals surface area (Å²) in [5, 5.41) is 15.2. The fraction of sp³-hybridized carbons (Fsp3) is 0.444. The minimum atomic E-state index is -0.604. The summed E-state index contributed by atoms with van der Waals surface area (Å²) in [6, 6.07) is 5.76. The van der Waals surface area contributed by atoms with E-state index in [0.717, 1.165) is 11.3 Å². The van der Waals surface area contributed by atoms with E-state index in [2.05, 4.69) is 5.10 Å². The molecule has 138 valence electrons. The number of carbonyl (C=O) groups is 1. The number of aryl methyl sites for hydroxylation is 1. The highest BCUT2D eigenvalue weighted by Gasteiger charge is 2.31. The largest absolute Gasteiger partial charge is 0.454 e. The zero-order chi connectivity index (χ0) is 18.1. The molecule has 2 aliphatic rings. The number of nitrogens with zero attached hydrogens (tertiary/aromatic N) is 3. The minimum absolute atomic E-state index is 0.0137. The average molecular weight is 378 g/mol. The number of halogens is 1. The average Bonchev–Trinajstić information content (AvgIpc) is 3.27. The van der Waals surface area contributed by atoms with Crippen molar-refractivity contribution in [2.75, 3.05) is 19.9 Å². The first-order valence-electron chi connectivity index (χ1n) is 8.63. The molecular weight excluding hydrogens is 358 g/mol. The van der Waals surface area contributed by atoms with Crippen molar-refractivity contribution in [3.8, 4) is 11.5 Å². The molecule has 0 saturated carbocycles. The summed E-state index contributed by atoms with van der Waals surface area (Å²) in [5.74, 6) is 1.44. The quantitative estimate of drug-likeness (QED) is 0.882. The van der Waals surface area contributed by atoms with Crippen LogP contribution in [0.5, 0.6) is 11.5 Å². The van der Waals surface area contributed by atoms with Gasteiger partial charge < -0.3 is 19.5 Å². The number of hydrogen-bond acceptors (Lipinski definition) is 5. The van der Waals surface area contributed by atoms with Gasteiger partial charge in [0.15, 0.2) is 11.5 Å². The van der Waals surface area contributed by atoms with Crippen LogP contribution < -0.4 is 9.47 Å². The molecule has 0 bridgehead atoms. The molecule has 1 N–H and O–H groups in total. The third-order valence-electron chi connectivity index (χ3n) is 4.92. The van der Waals surface area contributed by atoms with Crippen molar-refractivity contribution in [2.45, 2.75) is 31.4 Å². The van der Waals surface area contributed by atoms with Gasteiger partial charge in [0, 0.05) is 38.2 Å². The van der Waals surface area contributed by atoms with Gasteiger partial charge in [0.05, 0.1) is 17.3 Å². The Kier molecular flexibility index (Phi) is 4.74. The van der Waals surface area contributed by atoms with E-state index in [1.54, 1.807) is 22.0 Å². The van der Waals surface area contributed by atoms with Crippen molar-refractivity contribution in [3.05, 3.63) is 41.2 Å². The lowest BCUT2D eigenvalue weighted by molar-refractivity contribution is -0.135. The van der Waals surface area contributed by atoms with Gasteiger partial charge in [0.1, 0.15) is 0 Å². The summed E-state index contributed by atoms with van der Waals surface area (Å²) in [5.41, 5.74) is 1.01. The molecule has 0 spiro atoms. The zero-order valence-corrected chi connectivity index (χ0v) is 14.9. The van der Waals surface area contributed by atoms with Crippen LogP contribution >= 0.6 is 11.6 Å². The Morgan fingerprint density at radius 3 is 2.96 bits per heavy atom. The van der Waals surface area contributed by atoms with E-state index < -0.39 is 6.10 Å². The van der Waals surface area contributed by atoms with E-state index >= 15 is 0 Å².